The Morgan fingerprint density at radius 1 is 1.09 bits per heavy atom. The summed E-state index contributed by atoms with van der Waals surface area (Å²) >= 11 is 0. The Morgan fingerprint density at radius 3 is 2.82 bits per heavy atom. The van der Waals surface area contributed by atoms with Crippen molar-refractivity contribution in [3.05, 3.63) is 66.9 Å². The number of aromatic nitrogens is 2. The summed E-state index contributed by atoms with van der Waals surface area (Å²) in [4.78, 5) is 0. The van der Waals surface area contributed by atoms with E-state index < -0.39 is 5.82 Å². The standard InChI is InChI=1S/C17H11FN2O2/c18-14-3-1-2-4-16(14)22-12-5-6-13-15(9-12)19-20-17(13)11-7-8-21-10-11/h1-10H,(H,19,20). The van der Waals surface area contributed by atoms with Crippen LogP contribution >= 0.6 is 0 Å². The molecule has 0 fully saturated rings. The fraction of sp³-hybridized carbons (Fsp3) is 0. The molecule has 22 heavy (non-hydrogen) atoms. The van der Waals surface area contributed by atoms with Gasteiger partial charge in [-0.3, -0.25) is 5.10 Å². The number of rotatable bonds is 3. The highest BCUT2D eigenvalue weighted by atomic mass is 19.1. The van der Waals surface area contributed by atoms with Crippen LogP contribution < -0.4 is 4.74 Å². The van der Waals surface area contributed by atoms with Crippen LogP contribution in [0.1, 0.15) is 0 Å². The molecule has 0 aliphatic heterocycles. The largest absolute Gasteiger partial charge is 0.472 e. The minimum Gasteiger partial charge on any atom is -0.472 e. The highest BCUT2D eigenvalue weighted by Crippen LogP contribution is 2.31. The van der Waals surface area contributed by atoms with Crippen LogP contribution in [0.3, 0.4) is 0 Å². The molecule has 4 nitrogen and oxygen atoms in total. The Labute approximate surface area is 125 Å². The van der Waals surface area contributed by atoms with Gasteiger partial charge in [-0.2, -0.15) is 5.10 Å². The van der Waals surface area contributed by atoms with E-state index in [1.807, 2.05) is 12.1 Å². The Bertz CT molecular complexity index is 929. The highest BCUT2D eigenvalue weighted by molar-refractivity contribution is 5.93. The molecule has 0 aliphatic carbocycles. The van der Waals surface area contributed by atoms with Crippen LogP contribution in [0.2, 0.25) is 0 Å². The fourth-order valence-corrected chi connectivity index (χ4v) is 2.34. The fourth-order valence-electron chi connectivity index (χ4n) is 2.34. The van der Waals surface area contributed by atoms with Crippen molar-refractivity contribution >= 4 is 10.9 Å². The smallest absolute Gasteiger partial charge is 0.165 e. The first-order chi connectivity index (χ1) is 10.8. The summed E-state index contributed by atoms with van der Waals surface area (Å²) < 4.78 is 24.3. The third-order valence-corrected chi connectivity index (χ3v) is 3.39. The van der Waals surface area contributed by atoms with Crippen molar-refractivity contribution in [2.45, 2.75) is 0 Å². The Hall–Kier alpha value is -3.08. The Kier molecular flexibility index (Phi) is 2.89. The van der Waals surface area contributed by atoms with Crippen LogP contribution in [0, 0.1) is 5.82 Å². The molecule has 1 N–H and O–H groups in total. The van der Waals surface area contributed by atoms with Gasteiger partial charge in [-0.1, -0.05) is 12.1 Å². The lowest BCUT2D eigenvalue weighted by Crippen LogP contribution is -1.87. The predicted octanol–water partition coefficient (Wildman–Crippen LogP) is 4.75. The van der Waals surface area contributed by atoms with E-state index in [1.165, 1.54) is 6.07 Å². The minimum atomic E-state index is -0.397. The number of H-pyrrole nitrogens is 1. The van der Waals surface area contributed by atoms with Gasteiger partial charge >= 0.3 is 0 Å². The van der Waals surface area contributed by atoms with E-state index in [0.29, 0.717) is 5.75 Å². The second kappa shape index (κ2) is 5.04. The van der Waals surface area contributed by atoms with Gasteiger partial charge in [-0.05, 0) is 30.3 Å². The molecule has 0 atom stereocenters. The van der Waals surface area contributed by atoms with Crippen molar-refractivity contribution in [2.75, 3.05) is 0 Å². The van der Waals surface area contributed by atoms with E-state index >= 15 is 0 Å². The molecule has 0 aliphatic rings. The van der Waals surface area contributed by atoms with Crippen LogP contribution in [-0.2, 0) is 0 Å². The molecule has 108 valence electrons. The molecule has 0 spiro atoms. The van der Waals surface area contributed by atoms with E-state index in [9.17, 15) is 4.39 Å². The first-order valence-electron chi connectivity index (χ1n) is 6.74. The molecule has 0 unspecified atom stereocenters. The van der Waals surface area contributed by atoms with E-state index in [2.05, 4.69) is 10.2 Å². The van der Waals surface area contributed by atoms with Gasteiger partial charge in [-0.15, -0.1) is 0 Å². The summed E-state index contributed by atoms with van der Waals surface area (Å²) in [7, 11) is 0. The second-order valence-corrected chi connectivity index (χ2v) is 4.82. The first kappa shape index (κ1) is 12.6. The molecule has 2 aromatic carbocycles. The average molecular weight is 294 g/mol. The summed E-state index contributed by atoms with van der Waals surface area (Å²) in [5.74, 6) is 0.336. The lowest BCUT2D eigenvalue weighted by molar-refractivity contribution is 0.443. The summed E-state index contributed by atoms with van der Waals surface area (Å²) in [6, 6.07) is 13.6. The summed E-state index contributed by atoms with van der Waals surface area (Å²) in [5.41, 5.74) is 2.51. The van der Waals surface area contributed by atoms with Gasteiger partial charge in [0.05, 0.1) is 18.0 Å². The predicted molar refractivity (Wildman–Crippen MR) is 80.3 cm³/mol. The molecular weight excluding hydrogens is 283 g/mol. The van der Waals surface area contributed by atoms with Crippen molar-refractivity contribution in [1.82, 2.24) is 10.2 Å². The molecule has 0 saturated heterocycles. The van der Waals surface area contributed by atoms with Gasteiger partial charge in [0.15, 0.2) is 11.6 Å². The topological polar surface area (TPSA) is 51.1 Å². The lowest BCUT2D eigenvalue weighted by Gasteiger charge is -2.06. The minimum absolute atomic E-state index is 0.191. The average Bonchev–Trinajstić information content (AvgIpc) is 3.18. The maximum atomic E-state index is 13.6. The number of nitrogens with zero attached hydrogens (tertiary/aromatic N) is 1. The molecular formula is C17H11FN2O2. The molecule has 0 saturated carbocycles. The lowest BCUT2D eigenvalue weighted by atomic mass is 10.1. The summed E-state index contributed by atoms with van der Waals surface area (Å²) in [6.07, 6.45) is 3.24. The van der Waals surface area contributed by atoms with Crippen LogP contribution in [-0.4, -0.2) is 10.2 Å². The third-order valence-electron chi connectivity index (χ3n) is 3.39. The molecule has 0 bridgehead atoms. The molecule has 0 amide bonds. The van der Waals surface area contributed by atoms with Crippen molar-refractivity contribution in [2.24, 2.45) is 0 Å². The Morgan fingerprint density at radius 2 is 2.00 bits per heavy atom. The maximum Gasteiger partial charge on any atom is 0.165 e. The quantitative estimate of drug-likeness (QED) is 0.593. The number of fused-ring (bicyclic) bond motifs is 1. The molecule has 2 heterocycles. The number of hydrogen-bond donors (Lipinski definition) is 1. The SMILES string of the molecule is Fc1ccccc1Oc1ccc2c(-c3ccoc3)n[nH]c2c1. The van der Waals surface area contributed by atoms with Crippen LogP contribution in [0.15, 0.2) is 65.5 Å². The van der Waals surface area contributed by atoms with Gasteiger partial charge in [0.1, 0.15) is 11.4 Å². The van der Waals surface area contributed by atoms with Crippen molar-refractivity contribution in [1.29, 1.82) is 0 Å². The van der Waals surface area contributed by atoms with Gasteiger partial charge in [0.2, 0.25) is 0 Å². The van der Waals surface area contributed by atoms with E-state index in [-0.39, 0.29) is 5.75 Å². The van der Waals surface area contributed by atoms with Crippen LogP contribution in [0.25, 0.3) is 22.2 Å². The number of halogens is 1. The number of benzene rings is 2. The number of hydrogen-bond acceptors (Lipinski definition) is 3. The number of aromatic amines is 1. The highest BCUT2D eigenvalue weighted by Gasteiger charge is 2.11. The van der Waals surface area contributed by atoms with Crippen molar-refractivity contribution < 1.29 is 13.5 Å². The van der Waals surface area contributed by atoms with Gasteiger partial charge < -0.3 is 9.15 Å². The van der Waals surface area contributed by atoms with E-state index in [4.69, 9.17) is 9.15 Å². The second-order valence-electron chi connectivity index (χ2n) is 4.82. The third kappa shape index (κ3) is 2.13. The van der Waals surface area contributed by atoms with E-state index in [0.717, 1.165) is 22.2 Å². The summed E-state index contributed by atoms with van der Waals surface area (Å²) in [6.45, 7) is 0. The molecule has 4 rings (SSSR count). The first-order valence-corrected chi connectivity index (χ1v) is 6.74. The number of furan rings is 1. The molecule has 4 aromatic rings. The maximum absolute atomic E-state index is 13.6. The van der Waals surface area contributed by atoms with Gasteiger partial charge in [-0.25, -0.2) is 4.39 Å². The number of nitrogens with one attached hydrogen (secondary N) is 1. The molecule has 2 aromatic heterocycles. The number of para-hydroxylation sites is 1. The monoisotopic (exact) mass is 294 g/mol. The van der Waals surface area contributed by atoms with Crippen LogP contribution in [0.4, 0.5) is 4.39 Å². The zero-order valence-electron chi connectivity index (χ0n) is 11.4. The Balaban J connectivity index is 1.72. The zero-order valence-corrected chi connectivity index (χ0v) is 11.4. The number of ether oxygens (including phenoxy) is 1. The normalized spacial score (nSPS) is 11.0. The van der Waals surface area contributed by atoms with Gasteiger partial charge in [0.25, 0.3) is 0 Å². The van der Waals surface area contributed by atoms with Gasteiger partial charge in [0, 0.05) is 17.0 Å². The molecule has 5 heteroatoms. The van der Waals surface area contributed by atoms with Crippen LogP contribution in [0.5, 0.6) is 11.5 Å². The van der Waals surface area contributed by atoms with E-state index in [1.54, 1.807) is 42.9 Å². The van der Waals surface area contributed by atoms with Crippen molar-refractivity contribution in [3.8, 4) is 22.8 Å². The van der Waals surface area contributed by atoms with Crippen molar-refractivity contribution in [3.63, 3.8) is 0 Å². The summed E-state index contributed by atoms with van der Waals surface area (Å²) in [5, 5.41) is 8.19. The zero-order chi connectivity index (χ0) is 14.9. The molecule has 0 radical (unpaired) electrons.